The van der Waals surface area contributed by atoms with Gasteiger partial charge in [-0.2, -0.15) is 5.10 Å². The van der Waals surface area contributed by atoms with E-state index in [0.29, 0.717) is 11.5 Å². The van der Waals surface area contributed by atoms with Crippen molar-refractivity contribution < 1.29 is 14.3 Å². The van der Waals surface area contributed by atoms with E-state index in [1.165, 1.54) is 0 Å². The van der Waals surface area contributed by atoms with Crippen LogP contribution in [-0.4, -0.2) is 26.3 Å². The number of ether oxygens (including phenoxy) is 2. The number of carbonyl (C=O) groups excluding carboxylic acids is 1. The molecule has 0 bridgehead atoms. The Kier molecular flexibility index (Phi) is 5.17. The topological polar surface area (TPSA) is 59.9 Å². The molecule has 0 radical (unpaired) electrons. The van der Waals surface area contributed by atoms with E-state index in [-0.39, 0.29) is 11.8 Å². The van der Waals surface area contributed by atoms with E-state index in [0.717, 1.165) is 5.56 Å². The van der Waals surface area contributed by atoms with Gasteiger partial charge in [0.2, 0.25) is 5.91 Å². The molecule has 0 saturated carbocycles. The summed E-state index contributed by atoms with van der Waals surface area (Å²) in [4.78, 5) is 11.3. The number of hydrogen-bond acceptors (Lipinski definition) is 4. The van der Waals surface area contributed by atoms with Gasteiger partial charge in [0.05, 0.1) is 20.4 Å². The zero-order valence-electron chi connectivity index (χ0n) is 11.1. The van der Waals surface area contributed by atoms with Gasteiger partial charge in [0.1, 0.15) is 11.5 Å². The van der Waals surface area contributed by atoms with Crippen molar-refractivity contribution in [3.05, 3.63) is 23.8 Å². The normalized spacial score (nSPS) is 10.7. The zero-order valence-corrected chi connectivity index (χ0v) is 11.1. The third kappa shape index (κ3) is 4.08. The van der Waals surface area contributed by atoms with Crippen molar-refractivity contribution in [3.63, 3.8) is 0 Å². The lowest BCUT2D eigenvalue weighted by molar-refractivity contribution is -0.123. The zero-order chi connectivity index (χ0) is 13.5. The molecule has 1 N–H and O–H groups in total. The number of rotatable bonds is 5. The van der Waals surface area contributed by atoms with E-state index >= 15 is 0 Å². The quantitative estimate of drug-likeness (QED) is 0.640. The number of nitrogens with zero attached hydrogens (tertiary/aromatic N) is 1. The van der Waals surface area contributed by atoms with Gasteiger partial charge in [0, 0.05) is 17.5 Å². The standard InChI is InChI=1S/C13H18N2O3/c1-9(2)13(16)15-14-8-10-5-11(17-3)7-12(6-10)18-4/h5-9H,1-4H3,(H,15,16)/b14-8+. The fourth-order valence-electron chi connectivity index (χ4n) is 1.20. The Bertz CT molecular complexity index is 420. The molecule has 18 heavy (non-hydrogen) atoms. The third-order valence-electron chi connectivity index (χ3n) is 2.29. The summed E-state index contributed by atoms with van der Waals surface area (Å²) in [6.45, 7) is 3.61. The van der Waals surface area contributed by atoms with Crippen molar-refractivity contribution >= 4 is 12.1 Å². The van der Waals surface area contributed by atoms with Gasteiger partial charge in [-0.25, -0.2) is 5.43 Å². The van der Waals surface area contributed by atoms with Gasteiger partial charge in [-0.3, -0.25) is 4.79 Å². The smallest absolute Gasteiger partial charge is 0.242 e. The summed E-state index contributed by atoms with van der Waals surface area (Å²) in [5, 5.41) is 3.88. The first-order valence-electron chi connectivity index (χ1n) is 5.62. The molecular formula is C13H18N2O3. The third-order valence-corrected chi connectivity index (χ3v) is 2.29. The van der Waals surface area contributed by atoms with Gasteiger partial charge in [0.25, 0.3) is 0 Å². The highest BCUT2D eigenvalue weighted by atomic mass is 16.5. The predicted molar refractivity (Wildman–Crippen MR) is 70.1 cm³/mol. The minimum atomic E-state index is -0.124. The van der Waals surface area contributed by atoms with Crippen LogP contribution in [0.2, 0.25) is 0 Å². The predicted octanol–water partition coefficient (Wildman–Crippen LogP) is 1.81. The minimum Gasteiger partial charge on any atom is -0.497 e. The second kappa shape index (κ2) is 6.64. The molecule has 0 saturated heterocycles. The summed E-state index contributed by atoms with van der Waals surface area (Å²) in [6.07, 6.45) is 1.55. The number of carbonyl (C=O) groups is 1. The molecule has 5 nitrogen and oxygen atoms in total. The molecule has 1 aromatic carbocycles. The molecule has 1 aromatic rings. The number of hydrazone groups is 1. The summed E-state index contributed by atoms with van der Waals surface area (Å²) < 4.78 is 10.3. The lowest BCUT2D eigenvalue weighted by Gasteiger charge is -2.05. The molecule has 0 aliphatic heterocycles. The molecule has 98 valence electrons. The highest BCUT2D eigenvalue weighted by Crippen LogP contribution is 2.21. The maximum absolute atomic E-state index is 11.3. The Morgan fingerprint density at radius 1 is 1.22 bits per heavy atom. The highest BCUT2D eigenvalue weighted by Gasteiger charge is 2.04. The van der Waals surface area contributed by atoms with E-state index in [1.807, 2.05) is 0 Å². The van der Waals surface area contributed by atoms with Crippen LogP contribution in [0, 0.1) is 5.92 Å². The Morgan fingerprint density at radius 3 is 2.22 bits per heavy atom. The summed E-state index contributed by atoms with van der Waals surface area (Å²) in [6, 6.07) is 5.37. The molecule has 0 aliphatic carbocycles. The minimum absolute atomic E-state index is 0.0954. The monoisotopic (exact) mass is 250 g/mol. The number of methoxy groups -OCH3 is 2. The number of amides is 1. The first-order chi connectivity index (χ1) is 8.56. The van der Waals surface area contributed by atoms with Crippen molar-refractivity contribution in [1.29, 1.82) is 0 Å². The number of benzene rings is 1. The maximum atomic E-state index is 11.3. The van der Waals surface area contributed by atoms with E-state index in [2.05, 4.69) is 10.5 Å². The SMILES string of the molecule is COc1cc(/C=N/NC(=O)C(C)C)cc(OC)c1. The van der Waals surface area contributed by atoms with Crippen LogP contribution in [0.1, 0.15) is 19.4 Å². The summed E-state index contributed by atoms with van der Waals surface area (Å²) in [5.41, 5.74) is 3.24. The molecule has 0 aromatic heterocycles. The van der Waals surface area contributed by atoms with Crippen molar-refractivity contribution in [1.82, 2.24) is 5.43 Å². The lowest BCUT2D eigenvalue weighted by atomic mass is 10.2. The fraction of sp³-hybridized carbons (Fsp3) is 0.385. The molecule has 0 spiro atoms. The summed E-state index contributed by atoms with van der Waals surface area (Å²) in [7, 11) is 3.16. The van der Waals surface area contributed by atoms with Gasteiger partial charge in [-0.15, -0.1) is 0 Å². The van der Waals surface area contributed by atoms with Gasteiger partial charge >= 0.3 is 0 Å². The van der Waals surface area contributed by atoms with Crippen molar-refractivity contribution in [2.45, 2.75) is 13.8 Å². The van der Waals surface area contributed by atoms with Crippen LogP contribution < -0.4 is 14.9 Å². The van der Waals surface area contributed by atoms with Gasteiger partial charge in [0.15, 0.2) is 0 Å². The Labute approximate surface area is 107 Å². The van der Waals surface area contributed by atoms with Gasteiger partial charge in [-0.1, -0.05) is 13.8 Å². The van der Waals surface area contributed by atoms with E-state index in [4.69, 9.17) is 9.47 Å². The van der Waals surface area contributed by atoms with Gasteiger partial charge < -0.3 is 9.47 Å². The second-order valence-electron chi connectivity index (χ2n) is 4.03. The van der Waals surface area contributed by atoms with Gasteiger partial charge in [-0.05, 0) is 12.1 Å². The largest absolute Gasteiger partial charge is 0.497 e. The fourth-order valence-corrected chi connectivity index (χ4v) is 1.20. The average molecular weight is 250 g/mol. The van der Waals surface area contributed by atoms with E-state index in [1.54, 1.807) is 52.5 Å². The number of hydrogen-bond donors (Lipinski definition) is 1. The van der Waals surface area contributed by atoms with Crippen molar-refractivity contribution in [3.8, 4) is 11.5 Å². The Morgan fingerprint density at radius 2 is 1.78 bits per heavy atom. The molecular weight excluding hydrogens is 232 g/mol. The molecule has 5 heteroatoms. The summed E-state index contributed by atoms with van der Waals surface area (Å²) in [5.74, 6) is 1.13. The molecule has 0 fully saturated rings. The van der Waals surface area contributed by atoms with Crippen LogP contribution in [0.5, 0.6) is 11.5 Å². The average Bonchev–Trinajstić information content (AvgIpc) is 2.37. The van der Waals surface area contributed by atoms with Crippen LogP contribution in [0.25, 0.3) is 0 Å². The molecule has 0 heterocycles. The molecule has 0 atom stereocenters. The summed E-state index contributed by atoms with van der Waals surface area (Å²) >= 11 is 0. The first kappa shape index (κ1) is 14.0. The van der Waals surface area contributed by atoms with Crippen LogP contribution in [-0.2, 0) is 4.79 Å². The lowest BCUT2D eigenvalue weighted by Crippen LogP contribution is -2.22. The van der Waals surface area contributed by atoms with Crippen molar-refractivity contribution in [2.75, 3.05) is 14.2 Å². The van der Waals surface area contributed by atoms with Crippen LogP contribution >= 0.6 is 0 Å². The first-order valence-corrected chi connectivity index (χ1v) is 5.62. The Balaban J connectivity index is 2.77. The molecule has 0 unspecified atom stereocenters. The second-order valence-corrected chi connectivity index (χ2v) is 4.03. The van der Waals surface area contributed by atoms with Crippen LogP contribution in [0.4, 0.5) is 0 Å². The number of nitrogens with one attached hydrogen (secondary N) is 1. The molecule has 1 amide bonds. The Hall–Kier alpha value is -2.04. The van der Waals surface area contributed by atoms with Crippen LogP contribution in [0.15, 0.2) is 23.3 Å². The van der Waals surface area contributed by atoms with E-state index < -0.39 is 0 Å². The van der Waals surface area contributed by atoms with Crippen molar-refractivity contribution in [2.24, 2.45) is 11.0 Å². The van der Waals surface area contributed by atoms with E-state index in [9.17, 15) is 4.79 Å². The van der Waals surface area contributed by atoms with Crippen LogP contribution in [0.3, 0.4) is 0 Å². The highest BCUT2D eigenvalue weighted by molar-refractivity contribution is 5.83. The molecule has 0 aliphatic rings. The molecule has 1 rings (SSSR count). The maximum Gasteiger partial charge on any atom is 0.242 e.